The number of rotatable bonds is 3. The number of amides is 1. The number of carbonyl (C=O) groups excluding carboxylic acids is 1. The molecule has 1 amide bonds. The van der Waals surface area contributed by atoms with E-state index in [1.807, 2.05) is 24.3 Å². The molecule has 5 nitrogen and oxygen atoms in total. The lowest BCUT2D eigenvalue weighted by Gasteiger charge is -2.16. The van der Waals surface area contributed by atoms with Crippen LogP contribution in [0.1, 0.15) is 29.4 Å². The van der Waals surface area contributed by atoms with Crippen molar-refractivity contribution in [3.8, 4) is 0 Å². The van der Waals surface area contributed by atoms with E-state index in [2.05, 4.69) is 10.3 Å². The largest absolute Gasteiger partial charge is 0.348 e. The summed E-state index contributed by atoms with van der Waals surface area (Å²) in [5.41, 5.74) is 2.72. The average molecular weight is 368 g/mol. The molecular formula is C20H18ClN3O2. The van der Waals surface area contributed by atoms with Gasteiger partial charge >= 0.3 is 0 Å². The summed E-state index contributed by atoms with van der Waals surface area (Å²) >= 11 is 6.03. The van der Waals surface area contributed by atoms with Crippen LogP contribution in [0.4, 0.5) is 0 Å². The second-order valence-corrected chi connectivity index (χ2v) is 7.01. The number of para-hydroxylation sites is 1. The molecule has 2 aromatic carbocycles. The molecule has 0 bridgehead atoms. The minimum Gasteiger partial charge on any atom is -0.348 e. The number of nitrogens with one attached hydrogen (secondary N) is 1. The summed E-state index contributed by atoms with van der Waals surface area (Å²) in [5.74, 6) is 0.336. The zero-order valence-corrected chi connectivity index (χ0v) is 15.1. The zero-order valence-electron chi connectivity index (χ0n) is 14.3. The van der Waals surface area contributed by atoms with E-state index >= 15 is 0 Å². The van der Waals surface area contributed by atoms with Crippen molar-refractivity contribution in [2.24, 2.45) is 0 Å². The Bertz CT molecular complexity index is 1070. The molecule has 1 N–H and O–H groups in total. The summed E-state index contributed by atoms with van der Waals surface area (Å²) in [4.78, 5) is 29.7. The van der Waals surface area contributed by atoms with Crippen molar-refractivity contribution < 1.29 is 4.79 Å². The van der Waals surface area contributed by atoms with E-state index in [1.54, 1.807) is 25.1 Å². The molecule has 4 rings (SSSR count). The molecule has 6 heteroatoms. The van der Waals surface area contributed by atoms with Crippen LogP contribution in [0.25, 0.3) is 10.9 Å². The van der Waals surface area contributed by atoms with Crippen molar-refractivity contribution in [2.75, 3.05) is 0 Å². The van der Waals surface area contributed by atoms with Gasteiger partial charge in [-0.05, 0) is 55.2 Å². The van der Waals surface area contributed by atoms with Crippen LogP contribution in [0.15, 0.2) is 47.3 Å². The molecule has 1 heterocycles. The molecule has 0 unspecified atom stereocenters. The first-order chi connectivity index (χ1) is 12.5. The van der Waals surface area contributed by atoms with Gasteiger partial charge in [-0.25, -0.2) is 4.98 Å². The summed E-state index contributed by atoms with van der Waals surface area (Å²) in [5, 5.41) is 4.26. The molecule has 0 aliphatic heterocycles. The van der Waals surface area contributed by atoms with Gasteiger partial charge in [-0.1, -0.05) is 29.8 Å². The topological polar surface area (TPSA) is 64.0 Å². The van der Waals surface area contributed by atoms with E-state index in [9.17, 15) is 9.59 Å². The van der Waals surface area contributed by atoms with Crippen molar-refractivity contribution in [1.29, 1.82) is 0 Å². The molecule has 1 aliphatic rings. The Kier molecular flexibility index (Phi) is 4.24. The number of aryl methyl sites for hydroxylation is 2. The fourth-order valence-corrected chi connectivity index (χ4v) is 3.78. The number of fused-ring (bicyclic) bond motifs is 2. The number of nitrogens with zero attached hydrogens (tertiary/aromatic N) is 2. The van der Waals surface area contributed by atoms with Crippen molar-refractivity contribution in [3.63, 3.8) is 0 Å². The lowest BCUT2D eigenvalue weighted by atomic mass is 10.1. The normalized spacial score (nSPS) is 15.8. The average Bonchev–Trinajstić information content (AvgIpc) is 3.00. The molecule has 0 fully saturated rings. The molecule has 0 saturated heterocycles. The van der Waals surface area contributed by atoms with E-state index in [0.717, 1.165) is 18.4 Å². The number of carbonyl (C=O) groups is 1. The predicted molar refractivity (Wildman–Crippen MR) is 101 cm³/mol. The fourth-order valence-electron chi connectivity index (χ4n) is 3.58. The minimum atomic E-state index is -0.194. The maximum Gasteiger partial charge on any atom is 0.261 e. The van der Waals surface area contributed by atoms with Crippen LogP contribution >= 0.6 is 11.6 Å². The summed E-state index contributed by atoms with van der Waals surface area (Å²) < 4.78 is 1.43. The van der Waals surface area contributed by atoms with Gasteiger partial charge in [0.15, 0.2) is 0 Å². The lowest BCUT2D eigenvalue weighted by Crippen LogP contribution is -2.35. The Balaban J connectivity index is 1.57. The molecule has 0 saturated carbocycles. The van der Waals surface area contributed by atoms with Gasteiger partial charge in [-0.3, -0.25) is 14.2 Å². The van der Waals surface area contributed by atoms with Gasteiger partial charge in [0.25, 0.3) is 5.56 Å². The van der Waals surface area contributed by atoms with E-state index in [1.165, 1.54) is 10.1 Å². The van der Waals surface area contributed by atoms with E-state index in [0.29, 0.717) is 21.7 Å². The summed E-state index contributed by atoms with van der Waals surface area (Å²) in [6.07, 6.45) is 1.72. The summed E-state index contributed by atoms with van der Waals surface area (Å²) in [6, 6.07) is 12.9. The maximum atomic E-state index is 12.7. The third kappa shape index (κ3) is 2.99. The van der Waals surface area contributed by atoms with Crippen LogP contribution in [-0.2, 0) is 17.8 Å². The second-order valence-electron chi connectivity index (χ2n) is 6.57. The number of benzene rings is 2. The Morgan fingerprint density at radius 2 is 2.12 bits per heavy atom. The molecule has 3 aromatic rings. The molecule has 132 valence electrons. The molecule has 0 spiro atoms. The van der Waals surface area contributed by atoms with Crippen molar-refractivity contribution >= 4 is 28.4 Å². The van der Waals surface area contributed by atoms with Gasteiger partial charge in [0.05, 0.1) is 16.9 Å². The van der Waals surface area contributed by atoms with E-state index < -0.39 is 0 Å². The third-order valence-electron chi connectivity index (χ3n) is 4.87. The molecule has 0 radical (unpaired) electrons. The van der Waals surface area contributed by atoms with Gasteiger partial charge in [-0.15, -0.1) is 0 Å². The van der Waals surface area contributed by atoms with Crippen molar-refractivity contribution in [1.82, 2.24) is 14.9 Å². The SMILES string of the molecule is Cc1nc2ccccc2c(=O)n1CC(=O)N[C@@H]1CCc2cc(Cl)ccc21. The van der Waals surface area contributed by atoms with Crippen LogP contribution in [0.2, 0.25) is 5.02 Å². The van der Waals surface area contributed by atoms with Crippen LogP contribution in [0.5, 0.6) is 0 Å². The Morgan fingerprint density at radius 1 is 1.31 bits per heavy atom. The number of aromatic nitrogens is 2. The molecular weight excluding hydrogens is 350 g/mol. The predicted octanol–water partition coefficient (Wildman–Crippen LogP) is 3.16. The Morgan fingerprint density at radius 3 is 2.96 bits per heavy atom. The van der Waals surface area contributed by atoms with E-state index in [4.69, 9.17) is 11.6 Å². The molecule has 26 heavy (non-hydrogen) atoms. The minimum absolute atomic E-state index is 0.0398. The third-order valence-corrected chi connectivity index (χ3v) is 5.11. The van der Waals surface area contributed by atoms with Crippen LogP contribution in [-0.4, -0.2) is 15.5 Å². The van der Waals surface area contributed by atoms with Gasteiger partial charge in [0.1, 0.15) is 12.4 Å². The van der Waals surface area contributed by atoms with Crippen molar-refractivity contribution in [3.05, 3.63) is 74.8 Å². The number of halogens is 1. The highest BCUT2D eigenvalue weighted by atomic mass is 35.5. The smallest absolute Gasteiger partial charge is 0.261 e. The quantitative estimate of drug-likeness (QED) is 0.773. The van der Waals surface area contributed by atoms with Gasteiger partial charge in [0.2, 0.25) is 5.91 Å². The van der Waals surface area contributed by atoms with Gasteiger partial charge in [0, 0.05) is 5.02 Å². The van der Waals surface area contributed by atoms with Crippen molar-refractivity contribution in [2.45, 2.75) is 32.4 Å². The van der Waals surface area contributed by atoms with Crippen LogP contribution in [0.3, 0.4) is 0 Å². The molecule has 1 atom stereocenters. The highest BCUT2D eigenvalue weighted by molar-refractivity contribution is 6.30. The van der Waals surface area contributed by atoms with E-state index in [-0.39, 0.29) is 24.1 Å². The van der Waals surface area contributed by atoms with Crippen LogP contribution < -0.4 is 10.9 Å². The molecule has 1 aliphatic carbocycles. The molecule has 1 aromatic heterocycles. The number of hydrogen-bond acceptors (Lipinski definition) is 3. The number of hydrogen-bond donors (Lipinski definition) is 1. The summed E-state index contributed by atoms with van der Waals surface area (Å²) in [6.45, 7) is 1.70. The Hall–Kier alpha value is -2.66. The first-order valence-corrected chi connectivity index (χ1v) is 8.94. The van der Waals surface area contributed by atoms with Crippen LogP contribution in [0, 0.1) is 6.92 Å². The highest BCUT2D eigenvalue weighted by Crippen LogP contribution is 2.32. The lowest BCUT2D eigenvalue weighted by molar-refractivity contribution is -0.122. The first-order valence-electron chi connectivity index (χ1n) is 8.57. The standard InChI is InChI=1S/C20H18ClN3O2/c1-12-22-17-5-3-2-4-16(17)20(26)24(12)11-19(25)23-18-9-6-13-10-14(21)7-8-15(13)18/h2-5,7-8,10,18H,6,9,11H2,1H3,(H,23,25)/t18-/m1/s1. The first kappa shape index (κ1) is 16.8. The summed E-state index contributed by atoms with van der Waals surface area (Å²) in [7, 11) is 0. The van der Waals surface area contributed by atoms with Gasteiger partial charge in [-0.2, -0.15) is 0 Å². The maximum absolute atomic E-state index is 12.7. The van der Waals surface area contributed by atoms with Gasteiger partial charge < -0.3 is 5.32 Å². The zero-order chi connectivity index (χ0) is 18.3. The monoisotopic (exact) mass is 367 g/mol. The second kappa shape index (κ2) is 6.57. The fraction of sp³-hybridized carbons (Fsp3) is 0.250. The highest BCUT2D eigenvalue weighted by Gasteiger charge is 2.24. The Labute approximate surface area is 155 Å².